The minimum atomic E-state index is -0.276. The molecule has 0 radical (unpaired) electrons. The van der Waals surface area contributed by atoms with Crippen molar-refractivity contribution in [3.05, 3.63) is 69.7 Å². The highest BCUT2D eigenvalue weighted by atomic mass is 35.5. The number of carbonyl (C=O) groups is 2. The van der Waals surface area contributed by atoms with Crippen LogP contribution in [0.2, 0.25) is 10.0 Å². The minimum absolute atomic E-state index is 0.0163. The lowest BCUT2D eigenvalue weighted by Crippen LogP contribution is -2.07. The van der Waals surface area contributed by atoms with Crippen molar-refractivity contribution in [2.45, 2.75) is 6.92 Å². The highest BCUT2D eigenvalue weighted by molar-refractivity contribution is 6.42. The average molecular weight is 334 g/mol. The van der Waals surface area contributed by atoms with E-state index >= 15 is 0 Å². The standard InChI is InChI=1S/C17H13Cl2NO2/c1-11(21)13-4-6-14(7-5-13)20-17(22)9-3-12-2-8-15(18)16(19)10-12/h2-10H,1H3,(H,20,22)/b9-3+. The molecule has 1 amide bonds. The molecule has 22 heavy (non-hydrogen) atoms. The zero-order chi connectivity index (χ0) is 16.1. The van der Waals surface area contributed by atoms with Crippen LogP contribution in [0.1, 0.15) is 22.8 Å². The number of amides is 1. The van der Waals surface area contributed by atoms with E-state index < -0.39 is 0 Å². The fraction of sp³-hybridized carbons (Fsp3) is 0.0588. The van der Waals surface area contributed by atoms with Gasteiger partial charge in [-0.15, -0.1) is 0 Å². The van der Waals surface area contributed by atoms with Gasteiger partial charge in [0.1, 0.15) is 0 Å². The number of hydrogen-bond acceptors (Lipinski definition) is 2. The SMILES string of the molecule is CC(=O)c1ccc(NC(=O)/C=C/c2ccc(Cl)c(Cl)c2)cc1. The van der Waals surface area contributed by atoms with E-state index in [1.54, 1.807) is 48.5 Å². The fourth-order valence-corrected chi connectivity index (χ4v) is 2.07. The first-order valence-electron chi connectivity index (χ1n) is 6.51. The van der Waals surface area contributed by atoms with Crippen LogP contribution in [-0.4, -0.2) is 11.7 Å². The maximum atomic E-state index is 11.8. The van der Waals surface area contributed by atoms with E-state index in [0.29, 0.717) is 21.3 Å². The number of anilines is 1. The third-order valence-electron chi connectivity index (χ3n) is 2.93. The van der Waals surface area contributed by atoms with Gasteiger partial charge in [0.25, 0.3) is 0 Å². The van der Waals surface area contributed by atoms with Crippen molar-refractivity contribution >= 4 is 46.7 Å². The summed E-state index contributed by atoms with van der Waals surface area (Å²) in [6, 6.07) is 11.8. The van der Waals surface area contributed by atoms with Gasteiger partial charge in [-0.1, -0.05) is 29.3 Å². The van der Waals surface area contributed by atoms with Crippen LogP contribution in [-0.2, 0) is 4.79 Å². The fourth-order valence-electron chi connectivity index (χ4n) is 1.76. The van der Waals surface area contributed by atoms with Gasteiger partial charge in [0, 0.05) is 17.3 Å². The molecule has 0 spiro atoms. The largest absolute Gasteiger partial charge is 0.323 e. The van der Waals surface area contributed by atoms with Crippen LogP contribution >= 0.6 is 23.2 Å². The molecule has 2 rings (SSSR count). The monoisotopic (exact) mass is 333 g/mol. The quantitative estimate of drug-likeness (QED) is 0.642. The number of rotatable bonds is 4. The predicted molar refractivity (Wildman–Crippen MR) is 90.6 cm³/mol. The van der Waals surface area contributed by atoms with Crippen molar-refractivity contribution in [1.29, 1.82) is 0 Å². The first-order chi connectivity index (χ1) is 10.5. The number of hydrogen-bond donors (Lipinski definition) is 1. The van der Waals surface area contributed by atoms with Crippen LogP contribution in [0.4, 0.5) is 5.69 Å². The number of benzene rings is 2. The summed E-state index contributed by atoms with van der Waals surface area (Å²) in [7, 11) is 0. The van der Waals surface area contributed by atoms with E-state index in [1.165, 1.54) is 13.0 Å². The van der Waals surface area contributed by atoms with Crippen LogP contribution in [0.5, 0.6) is 0 Å². The Hall–Kier alpha value is -2.10. The normalized spacial score (nSPS) is 10.7. The van der Waals surface area contributed by atoms with Crippen molar-refractivity contribution < 1.29 is 9.59 Å². The van der Waals surface area contributed by atoms with Crippen LogP contribution in [0.25, 0.3) is 6.08 Å². The highest BCUT2D eigenvalue weighted by Gasteiger charge is 2.02. The van der Waals surface area contributed by atoms with Crippen molar-refractivity contribution in [2.75, 3.05) is 5.32 Å². The summed E-state index contributed by atoms with van der Waals surface area (Å²) in [5, 5.41) is 3.61. The zero-order valence-corrected chi connectivity index (χ0v) is 13.3. The Balaban J connectivity index is 2.01. The third kappa shape index (κ3) is 4.45. The molecule has 0 heterocycles. The topological polar surface area (TPSA) is 46.2 Å². The number of carbonyl (C=O) groups excluding carboxylic acids is 2. The van der Waals surface area contributed by atoms with Gasteiger partial charge in [-0.05, 0) is 55.0 Å². The summed E-state index contributed by atoms with van der Waals surface area (Å²) < 4.78 is 0. The Morgan fingerprint density at radius 2 is 1.68 bits per heavy atom. The maximum Gasteiger partial charge on any atom is 0.248 e. The Morgan fingerprint density at radius 3 is 2.27 bits per heavy atom. The summed E-state index contributed by atoms with van der Waals surface area (Å²) in [6.07, 6.45) is 3.04. The van der Waals surface area contributed by atoms with Crippen molar-refractivity contribution in [2.24, 2.45) is 0 Å². The van der Waals surface area contributed by atoms with Gasteiger partial charge in [-0.3, -0.25) is 9.59 Å². The molecule has 0 saturated carbocycles. The highest BCUT2D eigenvalue weighted by Crippen LogP contribution is 2.23. The van der Waals surface area contributed by atoms with Gasteiger partial charge in [-0.25, -0.2) is 0 Å². The smallest absolute Gasteiger partial charge is 0.248 e. The van der Waals surface area contributed by atoms with Crippen LogP contribution in [0, 0.1) is 0 Å². The molecular formula is C17H13Cl2NO2. The Morgan fingerprint density at radius 1 is 1.00 bits per heavy atom. The number of halogens is 2. The average Bonchev–Trinajstić information content (AvgIpc) is 2.49. The summed E-state index contributed by atoms with van der Waals surface area (Å²) in [4.78, 5) is 23.0. The lowest BCUT2D eigenvalue weighted by Gasteiger charge is -2.03. The van der Waals surface area contributed by atoms with E-state index in [-0.39, 0.29) is 11.7 Å². The first kappa shape index (κ1) is 16.3. The van der Waals surface area contributed by atoms with Crippen LogP contribution in [0.3, 0.4) is 0 Å². The third-order valence-corrected chi connectivity index (χ3v) is 3.67. The molecule has 2 aromatic carbocycles. The summed E-state index contributed by atoms with van der Waals surface area (Å²) in [5.74, 6) is -0.293. The maximum absolute atomic E-state index is 11.8. The summed E-state index contributed by atoms with van der Waals surface area (Å²) in [6.45, 7) is 1.49. The van der Waals surface area contributed by atoms with Gasteiger partial charge in [0.05, 0.1) is 10.0 Å². The van der Waals surface area contributed by atoms with Gasteiger partial charge < -0.3 is 5.32 Å². The summed E-state index contributed by atoms with van der Waals surface area (Å²) in [5.41, 5.74) is 2.00. The lowest BCUT2D eigenvalue weighted by atomic mass is 10.1. The zero-order valence-electron chi connectivity index (χ0n) is 11.8. The van der Waals surface area contributed by atoms with Crippen molar-refractivity contribution in [3.8, 4) is 0 Å². The molecule has 0 aliphatic heterocycles. The van der Waals surface area contributed by atoms with E-state index in [4.69, 9.17) is 23.2 Å². The number of ketones is 1. The Kier molecular flexibility index (Phi) is 5.36. The predicted octanol–water partition coefficient (Wildman–Crippen LogP) is 4.85. The number of Topliss-reactive ketones (excluding diaryl/α,β-unsaturated/α-hetero) is 1. The molecule has 5 heteroatoms. The molecule has 2 aromatic rings. The minimum Gasteiger partial charge on any atom is -0.323 e. The molecule has 3 nitrogen and oxygen atoms in total. The van der Waals surface area contributed by atoms with Crippen molar-refractivity contribution in [3.63, 3.8) is 0 Å². The number of nitrogens with one attached hydrogen (secondary N) is 1. The van der Waals surface area contributed by atoms with E-state index in [0.717, 1.165) is 5.56 Å². The molecule has 0 saturated heterocycles. The van der Waals surface area contributed by atoms with Gasteiger partial charge in [0.2, 0.25) is 5.91 Å². The Bertz CT molecular complexity index is 737. The second kappa shape index (κ2) is 7.25. The van der Waals surface area contributed by atoms with E-state index in [9.17, 15) is 9.59 Å². The van der Waals surface area contributed by atoms with Crippen LogP contribution < -0.4 is 5.32 Å². The van der Waals surface area contributed by atoms with Crippen LogP contribution in [0.15, 0.2) is 48.5 Å². The summed E-state index contributed by atoms with van der Waals surface area (Å²) >= 11 is 11.7. The molecule has 0 aliphatic carbocycles. The molecule has 0 atom stereocenters. The lowest BCUT2D eigenvalue weighted by molar-refractivity contribution is -0.111. The molecule has 0 fully saturated rings. The van der Waals surface area contributed by atoms with E-state index in [2.05, 4.69) is 5.32 Å². The molecule has 0 unspecified atom stereocenters. The molecule has 112 valence electrons. The van der Waals surface area contributed by atoms with Gasteiger partial charge in [0.15, 0.2) is 5.78 Å². The molecule has 0 bridgehead atoms. The Labute approximate surface area is 138 Å². The first-order valence-corrected chi connectivity index (χ1v) is 7.26. The molecule has 0 aliphatic rings. The van der Waals surface area contributed by atoms with Gasteiger partial charge >= 0.3 is 0 Å². The second-order valence-corrected chi connectivity index (χ2v) is 5.44. The molecule has 0 aromatic heterocycles. The molecule has 1 N–H and O–H groups in total. The second-order valence-electron chi connectivity index (χ2n) is 4.63. The van der Waals surface area contributed by atoms with E-state index in [1.807, 2.05) is 0 Å². The van der Waals surface area contributed by atoms with Crippen molar-refractivity contribution in [1.82, 2.24) is 0 Å². The van der Waals surface area contributed by atoms with Gasteiger partial charge in [-0.2, -0.15) is 0 Å². The molecular weight excluding hydrogens is 321 g/mol.